The molecular weight excluding hydrogens is 158 g/mol. The molecule has 1 fully saturated rings. The van der Waals surface area contributed by atoms with E-state index >= 15 is 0 Å². The van der Waals surface area contributed by atoms with Gasteiger partial charge in [-0.25, -0.2) is 5.84 Å². The summed E-state index contributed by atoms with van der Waals surface area (Å²) in [6.45, 7) is 2.23. The first-order valence-electron chi connectivity index (χ1n) is 4.12. The summed E-state index contributed by atoms with van der Waals surface area (Å²) in [6.07, 6.45) is 0.999. The van der Waals surface area contributed by atoms with Gasteiger partial charge in [-0.05, 0) is 6.42 Å². The van der Waals surface area contributed by atoms with Gasteiger partial charge in [0, 0.05) is 26.1 Å². The van der Waals surface area contributed by atoms with E-state index in [1.165, 1.54) is 0 Å². The van der Waals surface area contributed by atoms with Crippen molar-refractivity contribution >= 4 is 5.91 Å². The van der Waals surface area contributed by atoms with Crippen molar-refractivity contribution in [3.63, 3.8) is 0 Å². The van der Waals surface area contributed by atoms with E-state index in [0.717, 1.165) is 13.0 Å². The Morgan fingerprint density at radius 1 is 1.75 bits per heavy atom. The number of carbonyl (C=O) groups excluding carboxylic acids is 1. The predicted octanol–water partition coefficient (Wildman–Crippen LogP) is -1.57. The standard InChI is InChI=1S/C7H15N3O2/c8-9-7(12)2-4-10-3-1-6(11)5-10/h6,11H,1-5,8H2,(H,9,12). The maximum absolute atomic E-state index is 10.7. The zero-order valence-corrected chi connectivity index (χ0v) is 6.99. The largest absolute Gasteiger partial charge is 0.392 e. The van der Waals surface area contributed by atoms with Gasteiger partial charge in [-0.2, -0.15) is 0 Å². The fourth-order valence-electron chi connectivity index (χ4n) is 1.35. The minimum atomic E-state index is -0.217. The van der Waals surface area contributed by atoms with E-state index in [-0.39, 0.29) is 12.0 Å². The second-order valence-electron chi connectivity index (χ2n) is 3.06. The fourth-order valence-corrected chi connectivity index (χ4v) is 1.35. The van der Waals surface area contributed by atoms with Gasteiger partial charge in [-0.1, -0.05) is 0 Å². The molecule has 5 heteroatoms. The quantitative estimate of drug-likeness (QED) is 0.274. The Kier molecular flexibility index (Phi) is 3.46. The molecule has 0 saturated carbocycles. The molecular formula is C7H15N3O2. The molecule has 1 unspecified atom stereocenters. The number of aliphatic hydroxyl groups is 1. The molecule has 0 aromatic carbocycles. The van der Waals surface area contributed by atoms with Gasteiger partial charge in [-0.3, -0.25) is 10.2 Å². The molecule has 0 spiro atoms. The Balaban J connectivity index is 2.11. The number of hydrogen-bond donors (Lipinski definition) is 3. The molecule has 0 aromatic heterocycles. The minimum Gasteiger partial charge on any atom is -0.392 e. The fraction of sp³-hybridized carbons (Fsp3) is 0.857. The van der Waals surface area contributed by atoms with Crippen LogP contribution in [0.5, 0.6) is 0 Å². The molecule has 1 rings (SSSR count). The molecule has 1 saturated heterocycles. The molecule has 70 valence electrons. The number of nitrogens with zero attached hydrogens (tertiary/aromatic N) is 1. The van der Waals surface area contributed by atoms with Crippen molar-refractivity contribution in [2.24, 2.45) is 5.84 Å². The number of hydrogen-bond acceptors (Lipinski definition) is 4. The lowest BCUT2D eigenvalue weighted by Gasteiger charge is -2.13. The number of hydrazine groups is 1. The molecule has 1 aliphatic heterocycles. The van der Waals surface area contributed by atoms with Crippen molar-refractivity contribution in [2.75, 3.05) is 19.6 Å². The summed E-state index contributed by atoms with van der Waals surface area (Å²) in [4.78, 5) is 12.8. The van der Waals surface area contributed by atoms with Gasteiger partial charge < -0.3 is 10.0 Å². The molecule has 0 aliphatic carbocycles. The molecule has 0 aromatic rings. The summed E-state index contributed by atoms with van der Waals surface area (Å²) in [5.41, 5.74) is 2.07. The summed E-state index contributed by atoms with van der Waals surface area (Å²) in [6, 6.07) is 0. The van der Waals surface area contributed by atoms with Gasteiger partial charge in [-0.15, -0.1) is 0 Å². The first-order valence-corrected chi connectivity index (χ1v) is 4.12. The van der Waals surface area contributed by atoms with E-state index in [0.29, 0.717) is 19.5 Å². The van der Waals surface area contributed by atoms with Crippen molar-refractivity contribution < 1.29 is 9.90 Å². The van der Waals surface area contributed by atoms with Gasteiger partial charge in [0.1, 0.15) is 0 Å². The van der Waals surface area contributed by atoms with Crippen LogP contribution in [-0.4, -0.2) is 41.7 Å². The van der Waals surface area contributed by atoms with Gasteiger partial charge >= 0.3 is 0 Å². The monoisotopic (exact) mass is 173 g/mol. The van der Waals surface area contributed by atoms with Crippen LogP contribution in [0.15, 0.2) is 0 Å². The van der Waals surface area contributed by atoms with Gasteiger partial charge in [0.2, 0.25) is 5.91 Å². The second kappa shape index (κ2) is 4.39. The molecule has 1 atom stereocenters. The van der Waals surface area contributed by atoms with Crippen LogP contribution in [0.25, 0.3) is 0 Å². The van der Waals surface area contributed by atoms with Crippen LogP contribution in [0.1, 0.15) is 12.8 Å². The SMILES string of the molecule is NNC(=O)CCN1CCC(O)C1. The van der Waals surface area contributed by atoms with Crippen LogP contribution in [0, 0.1) is 0 Å². The van der Waals surface area contributed by atoms with Gasteiger partial charge in [0.25, 0.3) is 0 Å². The molecule has 0 radical (unpaired) electrons. The number of aliphatic hydroxyl groups excluding tert-OH is 1. The third-order valence-electron chi connectivity index (χ3n) is 2.06. The smallest absolute Gasteiger partial charge is 0.235 e. The van der Waals surface area contributed by atoms with Crippen LogP contribution in [-0.2, 0) is 4.79 Å². The van der Waals surface area contributed by atoms with E-state index in [4.69, 9.17) is 10.9 Å². The van der Waals surface area contributed by atoms with Crippen LogP contribution >= 0.6 is 0 Å². The lowest BCUT2D eigenvalue weighted by Crippen LogP contribution is -2.33. The van der Waals surface area contributed by atoms with E-state index < -0.39 is 0 Å². The topological polar surface area (TPSA) is 78.6 Å². The highest BCUT2D eigenvalue weighted by Gasteiger charge is 2.19. The molecule has 1 aliphatic rings. The number of nitrogens with one attached hydrogen (secondary N) is 1. The highest BCUT2D eigenvalue weighted by Crippen LogP contribution is 2.08. The highest BCUT2D eigenvalue weighted by atomic mass is 16.3. The zero-order valence-electron chi connectivity index (χ0n) is 6.99. The van der Waals surface area contributed by atoms with Gasteiger partial charge in [0.05, 0.1) is 6.10 Å². The van der Waals surface area contributed by atoms with E-state index in [1.807, 2.05) is 0 Å². The summed E-state index contributed by atoms with van der Waals surface area (Å²) in [7, 11) is 0. The number of amides is 1. The van der Waals surface area contributed by atoms with Crippen molar-refractivity contribution in [3.8, 4) is 0 Å². The highest BCUT2D eigenvalue weighted by molar-refractivity contribution is 5.75. The van der Waals surface area contributed by atoms with Crippen LogP contribution in [0.3, 0.4) is 0 Å². The van der Waals surface area contributed by atoms with Crippen LogP contribution < -0.4 is 11.3 Å². The number of β-amino-alcohol motifs (C(OH)–C–C–N with tert-alkyl or cyclic N) is 1. The first kappa shape index (κ1) is 9.44. The van der Waals surface area contributed by atoms with Crippen molar-refractivity contribution in [3.05, 3.63) is 0 Å². The Labute approximate surface area is 71.5 Å². The molecule has 4 N–H and O–H groups in total. The zero-order chi connectivity index (χ0) is 8.97. The van der Waals surface area contributed by atoms with Crippen molar-refractivity contribution in [2.45, 2.75) is 18.9 Å². The maximum atomic E-state index is 10.7. The van der Waals surface area contributed by atoms with E-state index in [9.17, 15) is 4.79 Å². The number of rotatable bonds is 3. The molecule has 12 heavy (non-hydrogen) atoms. The Hall–Kier alpha value is -0.650. The average molecular weight is 173 g/mol. The Bertz CT molecular complexity index is 163. The minimum absolute atomic E-state index is 0.156. The first-order chi connectivity index (χ1) is 5.72. The summed E-state index contributed by atoms with van der Waals surface area (Å²) in [5.74, 6) is 4.76. The lowest BCUT2D eigenvalue weighted by atomic mass is 10.3. The number of likely N-dealkylation sites (tertiary alicyclic amines) is 1. The summed E-state index contributed by atoms with van der Waals surface area (Å²) < 4.78 is 0. The predicted molar refractivity (Wildman–Crippen MR) is 44.0 cm³/mol. The number of nitrogens with two attached hydrogens (primary N) is 1. The molecule has 1 amide bonds. The molecule has 1 heterocycles. The van der Waals surface area contributed by atoms with Crippen molar-refractivity contribution in [1.29, 1.82) is 0 Å². The van der Waals surface area contributed by atoms with E-state index in [1.54, 1.807) is 0 Å². The third-order valence-corrected chi connectivity index (χ3v) is 2.06. The summed E-state index contributed by atoms with van der Waals surface area (Å²) in [5, 5.41) is 9.16. The average Bonchev–Trinajstić information content (AvgIpc) is 2.47. The third kappa shape index (κ3) is 2.77. The van der Waals surface area contributed by atoms with Crippen LogP contribution in [0.4, 0.5) is 0 Å². The van der Waals surface area contributed by atoms with Crippen LogP contribution in [0.2, 0.25) is 0 Å². The molecule has 5 nitrogen and oxygen atoms in total. The Morgan fingerprint density at radius 2 is 2.50 bits per heavy atom. The Morgan fingerprint density at radius 3 is 3.00 bits per heavy atom. The van der Waals surface area contributed by atoms with Gasteiger partial charge in [0.15, 0.2) is 0 Å². The lowest BCUT2D eigenvalue weighted by molar-refractivity contribution is -0.121. The normalized spacial score (nSPS) is 24.3. The maximum Gasteiger partial charge on any atom is 0.235 e. The molecule has 0 bridgehead atoms. The second-order valence-corrected chi connectivity index (χ2v) is 3.06. The van der Waals surface area contributed by atoms with Crippen molar-refractivity contribution in [1.82, 2.24) is 10.3 Å². The summed E-state index contributed by atoms with van der Waals surface area (Å²) >= 11 is 0. The number of carbonyl (C=O) groups is 1. The van der Waals surface area contributed by atoms with E-state index in [2.05, 4.69) is 10.3 Å².